The highest BCUT2D eigenvalue weighted by Gasteiger charge is 2.03. The number of methoxy groups -OCH3 is 1. The minimum absolute atomic E-state index is 0.619. The number of aryl methyl sites for hydroxylation is 1. The van der Waals surface area contributed by atoms with Gasteiger partial charge in [0.25, 0.3) is 0 Å². The minimum Gasteiger partial charge on any atom is -0.481 e. The molecule has 1 N–H and O–H groups in total. The minimum atomic E-state index is 0.619. The third-order valence-corrected chi connectivity index (χ3v) is 2.31. The molecule has 0 aliphatic rings. The van der Waals surface area contributed by atoms with Gasteiger partial charge in [-0.2, -0.15) is 0 Å². The fourth-order valence-electron chi connectivity index (χ4n) is 1.48. The molecule has 0 saturated carbocycles. The molecule has 2 aromatic heterocycles. The molecular weight excluding hydrogens is 216 g/mol. The maximum atomic E-state index is 5.17. The Balaban J connectivity index is 2.07. The second kappa shape index (κ2) is 5.25. The molecule has 0 aliphatic carbocycles. The third kappa shape index (κ3) is 2.90. The van der Waals surface area contributed by atoms with Crippen molar-refractivity contribution in [2.75, 3.05) is 12.4 Å². The van der Waals surface area contributed by atoms with E-state index in [1.54, 1.807) is 13.3 Å². The normalized spacial score (nSPS) is 10.0. The summed E-state index contributed by atoms with van der Waals surface area (Å²) in [4.78, 5) is 12.3. The summed E-state index contributed by atoms with van der Waals surface area (Å²) < 4.78 is 5.17. The van der Waals surface area contributed by atoms with E-state index in [4.69, 9.17) is 4.74 Å². The Kier molecular flexibility index (Phi) is 3.49. The van der Waals surface area contributed by atoms with Crippen molar-refractivity contribution in [3.63, 3.8) is 0 Å². The lowest BCUT2D eigenvalue weighted by Crippen LogP contribution is -2.04. The van der Waals surface area contributed by atoms with Crippen LogP contribution in [0.15, 0.2) is 30.7 Å². The van der Waals surface area contributed by atoms with Crippen molar-refractivity contribution in [3.8, 4) is 5.88 Å². The molecule has 0 bridgehead atoms. The molecule has 17 heavy (non-hydrogen) atoms. The van der Waals surface area contributed by atoms with Gasteiger partial charge in [0.1, 0.15) is 12.1 Å². The lowest BCUT2D eigenvalue weighted by atomic mass is 10.2. The van der Waals surface area contributed by atoms with E-state index in [9.17, 15) is 0 Å². The van der Waals surface area contributed by atoms with Gasteiger partial charge in [0.15, 0.2) is 0 Å². The SMILES string of the molecule is COc1ncccc1CNc1cc(C)ncn1. The maximum Gasteiger partial charge on any atom is 0.218 e. The standard InChI is InChI=1S/C12H14N4O/c1-9-6-11(16-8-15-9)14-7-10-4-3-5-13-12(10)17-2/h3-6,8H,7H2,1-2H3,(H,14,15,16). The fraction of sp³-hybridized carbons (Fsp3) is 0.250. The number of anilines is 1. The van der Waals surface area contributed by atoms with Crippen molar-refractivity contribution in [2.24, 2.45) is 0 Å². The molecule has 0 spiro atoms. The number of ether oxygens (including phenoxy) is 1. The molecule has 0 amide bonds. The molecule has 5 heteroatoms. The van der Waals surface area contributed by atoms with Gasteiger partial charge >= 0.3 is 0 Å². The van der Waals surface area contributed by atoms with Gasteiger partial charge < -0.3 is 10.1 Å². The van der Waals surface area contributed by atoms with Gasteiger partial charge in [-0.1, -0.05) is 6.07 Å². The van der Waals surface area contributed by atoms with E-state index in [0.29, 0.717) is 12.4 Å². The van der Waals surface area contributed by atoms with Crippen LogP contribution in [0.1, 0.15) is 11.3 Å². The predicted molar refractivity (Wildman–Crippen MR) is 64.9 cm³/mol. The van der Waals surface area contributed by atoms with E-state index < -0.39 is 0 Å². The van der Waals surface area contributed by atoms with Crippen molar-refractivity contribution in [3.05, 3.63) is 42.0 Å². The van der Waals surface area contributed by atoms with Gasteiger partial charge in [0, 0.05) is 30.1 Å². The van der Waals surface area contributed by atoms with Crippen LogP contribution in [0.2, 0.25) is 0 Å². The van der Waals surface area contributed by atoms with Crippen LogP contribution in [-0.2, 0) is 6.54 Å². The summed E-state index contributed by atoms with van der Waals surface area (Å²) in [5.41, 5.74) is 1.92. The van der Waals surface area contributed by atoms with Crippen LogP contribution in [-0.4, -0.2) is 22.1 Å². The molecule has 0 aromatic carbocycles. The molecule has 88 valence electrons. The lowest BCUT2D eigenvalue weighted by Gasteiger charge is -2.08. The first-order valence-electron chi connectivity index (χ1n) is 5.30. The van der Waals surface area contributed by atoms with Gasteiger partial charge in [-0.25, -0.2) is 15.0 Å². The van der Waals surface area contributed by atoms with Crippen LogP contribution in [0.3, 0.4) is 0 Å². The quantitative estimate of drug-likeness (QED) is 0.867. The van der Waals surface area contributed by atoms with E-state index in [0.717, 1.165) is 17.1 Å². The first-order chi connectivity index (χ1) is 8.29. The number of pyridine rings is 1. The molecule has 0 unspecified atom stereocenters. The van der Waals surface area contributed by atoms with Crippen molar-refractivity contribution in [1.82, 2.24) is 15.0 Å². The van der Waals surface area contributed by atoms with Crippen LogP contribution >= 0.6 is 0 Å². The van der Waals surface area contributed by atoms with Crippen molar-refractivity contribution in [1.29, 1.82) is 0 Å². The zero-order valence-electron chi connectivity index (χ0n) is 9.84. The zero-order valence-corrected chi connectivity index (χ0v) is 9.84. The molecule has 0 aliphatic heterocycles. The summed E-state index contributed by atoms with van der Waals surface area (Å²) in [7, 11) is 1.61. The molecule has 2 aromatic rings. The van der Waals surface area contributed by atoms with E-state index in [2.05, 4.69) is 20.3 Å². The first kappa shape index (κ1) is 11.3. The highest BCUT2D eigenvalue weighted by Crippen LogP contribution is 2.15. The number of hydrogen-bond donors (Lipinski definition) is 1. The molecule has 2 rings (SSSR count). The smallest absolute Gasteiger partial charge is 0.218 e. The second-order valence-electron chi connectivity index (χ2n) is 3.57. The fourth-order valence-corrected chi connectivity index (χ4v) is 1.48. The van der Waals surface area contributed by atoms with Crippen LogP contribution in [0.5, 0.6) is 5.88 Å². The number of rotatable bonds is 4. The van der Waals surface area contributed by atoms with E-state index in [-0.39, 0.29) is 0 Å². The zero-order chi connectivity index (χ0) is 12.1. The van der Waals surface area contributed by atoms with Gasteiger partial charge in [-0.15, -0.1) is 0 Å². The highest BCUT2D eigenvalue weighted by atomic mass is 16.5. The summed E-state index contributed by atoms with van der Waals surface area (Å²) in [6.07, 6.45) is 3.25. The summed E-state index contributed by atoms with van der Waals surface area (Å²) in [5.74, 6) is 1.43. The van der Waals surface area contributed by atoms with E-state index in [1.165, 1.54) is 6.33 Å². The number of hydrogen-bond acceptors (Lipinski definition) is 5. The monoisotopic (exact) mass is 230 g/mol. The molecular formula is C12H14N4O. The number of nitrogens with zero attached hydrogens (tertiary/aromatic N) is 3. The van der Waals surface area contributed by atoms with E-state index >= 15 is 0 Å². The van der Waals surface area contributed by atoms with Crippen molar-refractivity contribution >= 4 is 5.82 Å². The molecule has 2 heterocycles. The van der Waals surface area contributed by atoms with Gasteiger partial charge in [0.2, 0.25) is 5.88 Å². The molecule has 5 nitrogen and oxygen atoms in total. The van der Waals surface area contributed by atoms with Crippen LogP contribution in [0, 0.1) is 6.92 Å². The Hall–Kier alpha value is -2.17. The largest absolute Gasteiger partial charge is 0.481 e. The summed E-state index contributed by atoms with van der Waals surface area (Å²) in [6, 6.07) is 5.74. The molecule has 0 fully saturated rings. The second-order valence-corrected chi connectivity index (χ2v) is 3.57. The molecule has 0 radical (unpaired) electrons. The molecule has 0 saturated heterocycles. The Morgan fingerprint density at radius 2 is 2.18 bits per heavy atom. The Morgan fingerprint density at radius 3 is 2.94 bits per heavy atom. The third-order valence-electron chi connectivity index (χ3n) is 2.31. The Bertz CT molecular complexity index is 501. The Labute approximate surface area is 99.9 Å². The van der Waals surface area contributed by atoms with Crippen molar-refractivity contribution < 1.29 is 4.74 Å². The molecule has 0 atom stereocenters. The van der Waals surface area contributed by atoms with Gasteiger partial charge in [0.05, 0.1) is 7.11 Å². The number of aromatic nitrogens is 3. The van der Waals surface area contributed by atoms with Crippen molar-refractivity contribution in [2.45, 2.75) is 13.5 Å². The van der Waals surface area contributed by atoms with Gasteiger partial charge in [-0.3, -0.25) is 0 Å². The van der Waals surface area contributed by atoms with Gasteiger partial charge in [-0.05, 0) is 13.0 Å². The first-order valence-corrected chi connectivity index (χ1v) is 5.30. The average molecular weight is 230 g/mol. The highest BCUT2D eigenvalue weighted by molar-refractivity contribution is 5.37. The lowest BCUT2D eigenvalue weighted by molar-refractivity contribution is 0.393. The Morgan fingerprint density at radius 1 is 1.29 bits per heavy atom. The maximum absolute atomic E-state index is 5.17. The van der Waals surface area contributed by atoms with E-state index in [1.807, 2.05) is 25.1 Å². The topological polar surface area (TPSA) is 59.9 Å². The summed E-state index contributed by atoms with van der Waals surface area (Å²) >= 11 is 0. The van der Waals surface area contributed by atoms with Crippen LogP contribution in [0.25, 0.3) is 0 Å². The number of nitrogens with one attached hydrogen (secondary N) is 1. The predicted octanol–water partition coefficient (Wildman–Crippen LogP) is 1.80. The van der Waals surface area contributed by atoms with Crippen LogP contribution in [0.4, 0.5) is 5.82 Å². The summed E-state index contributed by atoms with van der Waals surface area (Å²) in [6.45, 7) is 2.55. The summed E-state index contributed by atoms with van der Waals surface area (Å²) in [5, 5.41) is 3.21. The average Bonchev–Trinajstić information content (AvgIpc) is 2.37. The van der Waals surface area contributed by atoms with Crippen LogP contribution < -0.4 is 10.1 Å².